The number of aliphatic carboxylic acids is 1. The van der Waals surface area contributed by atoms with Crippen molar-refractivity contribution < 1.29 is 19.7 Å². The Morgan fingerprint density at radius 1 is 1.47 bits per heavy atom. The van der Waals surface area contributed by atoms with Gasteiger partial charge in [-0.05, 0) is 18.9 Å². The molecule has 5 nitrogen and oxygen atoms in total. The number of hydrogen-bond donors (Lipinski definition) is 2. The largest absolute Gasteiger partial charge is 0.481 e. The van der Waals surface area contributed by atoms with Crippen LogP contribution in [0, 0.1) is 5.92 Å². The Morgan fingerprint density at radius 3 is 2.87 bits per heavy atom. The Balaban J connectivity index is 1.84. The molecule has 2 saturated heterocycles. The molecule has 86 valence electrons. The fourth-order valence-electron chi connectivity index (χ4n) is 2.46. The van der Waals surface area contributed by atoms with Crippen molar-refractivity contribution in [1.82, 2.24) is 4.90 Å². The number of nitrogens with zero attached hydrogens (tertiary/aromatic N) is 1. The fourth-order valence-corrected chi connectivity index (χ4v) is 2.46. The summed E-state index contributed by atoms with van der Waals surface area (Å²) in [5.74, 6) is -0.500. The Bertz CT molecular complexity index is 246. The first-order valence-electron chi connectivity index (χ1n) is 5.38. The van der Waals surface area contributed by atoms with E-state index in [1.165, 1.54) is 0 Å². The molecule has 2 fully saturated rings. The fraction of sp³-hybridized carbons (Fsp3) is 0.900. The van der Waals surface area contributed by atoms with E-state index in [2.05, 4.69) is 4.90 Å². The van der Waals surface area contributed by atoms with Crippen LogP contribution in [-0.4, -0.2) is 59.5 Å². The van der Waals surface area contributed by atoms with Gasteiger partial charge in [0.2, 0.25) is 0 Å². The molecule has 0 radical (unpaired) electrons. The minimum absolute atomic E-state index is 0.0730. The second-order valence-electron chi connectivity index (χ2n) is 4.42. The van der Waals surface area contributed by atoms with Gasteiger partial charge < -0.3 is 14.9 Å². The smallest absolute Gasteiger partial charge is 0.303 e. The molecule has 0 spiro atoms. The van der Waals surface area contributed by atoms with Gasteiger partial charge in [0, 0.05) is 13.0 Å². The summed E-state index contributed by atoms with van der Waals surface area (Å²) in [4.78, 5) is 12.7. The number of carboxylic acids is 1. The first-order valence-corrected chi connectivity index (χ1v) is 5.38. The highest BCUT2D eigenvalue weighted by molar-refractivity contribution is 5.67. The van der Waals surface area contributed by atoms with E-state index in [1.54, 1.807) is 0 Å². The predicted molar refractivity (Wildman–Crippen MR) is 52.5 cm³/mol. The van der Waals surface area contributed by atoms with E-state index in [1.807, 2.05) is 0 Å². The minimum Gasteiger partial charge on any atom is -0.481 e. The van der Waals surface area contributed by atoms with Crippen molar-refractivity contribution in [3.8, 4) is 0 Å². The zero-order valence-electron chi connectivity index (χ0n) is 8.63. The number of rotatable bonds is 3. The topological polar surface area (TPSA) is 70.0 Å². The van der Waals surface area contributed by atoms with E-state index in [4.69, 9.17) is 9.84 Å². The SMILES string of the molecule is O=C(O)CC1CCN(C2COCC2O)C1. The summed E-state index contributed by atoms with van der Waals surface area (Å²) < 4.78 is 5.19. The summed E-state index contributed by atoms with van der Waals surface area (Å²) in [5, 5.41) is 18.3. The lowest BCUT2D eigenvalue weighted by Crippen LogP contribution is -2.41. The van der Waals surface area contributed by atoms with Crippen molar-refractivity contribution in [2.75, 3.05) is 26.3 Å². The quantitative estimate of drug-likeness (QED) is 0.667. The normalized spacial score (nSPS) is 37.3. The Kier molecular flexibility index (Phi) is 3.23. The maximum Gasteiger partial charge on any atom is 0.303 e. The molecule has 0 amide bonds. The number of aliphatic hydroxyl groups excluding tert-OH is 1. The van der Waals surface area contributed by atoms with Crippen LogP contribution in [0.2, 0.25) is 0 Å². The van der Waals surface area contributed by atoms with E-state index in [9.17, 15) is 9.90 Å². The molecule has 0 bridgehead atoms. The zero-order chi connectivity index (χ0) is 10.8. The van der Waals surface area contributed by atoms with Gasteiger partial charge >= 0.3 is 5.97 Å². The standard InChI is InChI=1S/C10H17NO4/c12-9-6-15-5-8(9)11-2-1-7(4-11)3-10(13)14/h7-9,12H,1-6H2,(H,13,14). The first kappa shape index (κ1) is 10.9. The molecule has 5 heteroatoms. The summed E-state index contributed by atoms with van der Waals surface area (Å²) in [5.41, 5.74) is 0. The van der Waals surface area contributed by atoms with Crippen molar-refractivity contribution in [2.45, 2.75) is 25.0 Å². The van der Waals surface area contributed by atoms with Gasteiger partial charge in [-0.2, -0.15) is 0 Å². The van der Waals surface area contributed by atoms with Crippen molar-refractivity contribution in [2.24, 2.45) is 5.92 Å². The molecule has 15 heavy (non-hydrogen) atoms. The molecule has 0 aromatic carbocycles. The second-order valence-corrected chi connectivity index (χ2v) is 4.42. The molecule has 3 atom stereocenters. The molecule has 0 aromatic heterocycles. The van der Waals surface area contributed by atoms with Crippen molar-refractivity contribution >= 4 is 5.97 Å². The molecule has 2 N–H and O–H groups in total. The first-order chi connectivity index (χ1) is 7.16. The predicted octanol–water partition coefficient (Wildman–Crippen LogP) is -0.457. The van der Waals surface area contributed by atoms with Crippen LogP contribution in [-0.2, 0) is 9.53 Å². The molecular weight excluding hydrogens is 198 g/mol. The second kappa shape index (κ2) is 4.47. The molecule has 2 rings (SSSR count). The van der Waals surface area contributed by atoms with E-state index in [-0.39, 0.29) is 18.4 Å². The van der Waals surface area contributed by atoms with Gasteiger partial charge in [0.25, 0.3) is 0 Å². The van der Waals surface area contributed by atoms with Crippen LogP contribution in [0.15, 0.2) is 0 Å². The third-order valence-electron chi connectivity index (χ3n) is 3.27. The summed E-state index contributed by atoms with van der Waals surface area (Å²) in [6.45, 7) is 2.63. The van der Waals surface area contributed by atoms with E-state index >= 15 is 0 Å². The van der Waals surface area contributed by atoms with Gasteiger partial charge in [-0.25, -0.2) is 0 Å². The third kappa shape index (κ3) is 2.48. The highest BCUT2D eigenvalue weighted by Gasteiger charge is 2.36. The van der Waals surface area contributed by atoms with E-state index in [0.29, 0.717) is 13.2 Å². The van der Waals surface area contributed by atoms with Crippen molar-refractivity contribution in [1.29, 1.82) is 0 Å². The van der Waals surface area contributed by atoms with E-state index in [0.717, 1.165) is 19.5 Å². The molecule has 0 aromatic rings. The average Bonchev–Trinajstić information content (AvgIpc) is 2.72. The summed E-state index contributed by atoms with van der Waals surface area (Å²) >= 11 is 0. The monoisotopic (exact) mass is 215 g/mol. The molecular formula is C10H17NO4. The zero-order valence-corrected chi connectivity index (χ0v) is 8.63. The highest BCUT2D eigenvalue weighted by Crippen LogP contribution is 2.24. The van der Waals surface area contributed by atoms with Crippen LogP contribution >= 0.6 is 0 Å². The maximum absolute atomic E-state index is 10.6. The molecule has 0 aliphatic carbocycles. The summed E-state index contributed by atoms with van der Waals surface area (Å²) in [6.07, 6.45) is 0.740. The molecule has 2 aliphatic heterocycles. The van der Waals surface area contributed by atoms with Crippen LogP contribution in [0.4, 0.5) is 0 Å². The third-order valence-corrected chi connectivity index (χ3v) is 3.27. The Morgan fingerprint density at radius 2 is 2.27 bits per heavy atom. The van der Waals surface area contributed by atoms with E-state index < -0.39 is 12.1 Å². The number of hydrogen-bond acceptors (Lipinski definition) is 4. The summed E-state index contributed by atoms with van der Waals surface area (Å²) in [6, 6.07) is 0.0730. The summed E-state index contributed by atoms with van der Waals surface area (Å²) in [7, 11) is 0. The van der Waals surface area contributed by atoms with Crippen LogP contribution < -0.4 is 0 Å². The lowest BCUT2D eigenvalue weighted by Gasteiger charge is -2.24. The number of likely N-dealkylation sites (tertiary alicyclic amines) is 1. The lowest BCUT2D eigenvalue weighted by atomic mass is 10.1. The van der Waals surface area contributed by atoms with Gasteiger partial charge in [0.1, 0.15) is 0 Å². The average molecular weight is 215 g/mol. The molecule has 0 saturated carbocycles. The van der Waals surface area contributed by atoms with Gasteiger partial charge in [-0.15, -0.1) is 0 Å². The van der Waals surface area contributed by atoms with Crippen molar-refractivity contribution in [3.05, 3.63) is 0 Å². The van der Waals surface area contributed by atoms with Crippen LogP contribution in [0.25, 0.3) is 0 Å². The molecule has 2 heterocycles. The highest BCUT2D eigenvalue weighted by atomic mass is 16.5. The van der Waals surface area contributed by atoms with Gasteiger partial charge in [-0.3, -0.25) is 9.69 Å². The number of aliphatic hydroxyl groups is 1. The van der Waals surface area contributed by atoms with Gasteiger partial charge in [0.05, 0.1) is 25.4 Å². The minimum atomic E-state index is -0.731. The van der Waals surface area contributed by atoms with Gasteiger partial charge in [0.15, 0.2) is 0 Å². The molecule has 3 unspecified atom stereocenters. The Labute approximate surface area is 88.6 Å². The van der Waals surface area contributed by atoms with Crippen molar-refractivity contribution in [3.63, 3.8) is 0 Å². The number of carboxylic acid groups (broad SMARTS) is 1. The van der Waals surface area contributed by atoms with Crippen LogP contribution in [0.3, 0.4) is 0 Å². The number of ether oxygens (including phenoxy) is 1. The van der Waals surface area contributed by atoms with Gasteiger partial charge in [-0.1, -0.05) is 0 Å². The maximum atomic E-state index is 10.6. The Hall–Kier alpha value is -0.650. The molecule has 2 aliphatic rings. The van der Waals surface area contributed by atoms with Crippen LogP contribution in [0.1, 0.15) is 12.8 Å². The number of carbonyl (C=O) groups is 1. The van der Waals surface area contributed by atoms with Crippen LogP contribution in [0.5, 0.6) is 0 Å². The lowest BCUT2D eigenvalue weighted by molar-refractivity contribution is -0.138.